The van der Waals surface area contributed by atoms with Crippen LogP contribution in [0.5, 0.6) is 5.75 Å². The van der Waals surface area contributed by atoms with Gasteiger partial charge in [-0.05, 0) is 44.5 Å². The lowest BCUT2D eigenvalue weighted by Crippen LogP contribution is -2.15. The van der Waals surface area contributed by atoms with Crippen molar-refractivity contribution in [1.29, 1.82) is 0 Å². The molecule has 1 aromatic rings. The molecule has 1 aromatic carbocycles. The monoisotopic (exact) mass is 331 g/mol. The van der Waals surface area contributed by atoms with E-state index in [1.54, 1.807) is 0 Å². The minimum Gasteiger partial charge on any atom is -0.488 e. The van der Waals surface area contributed by atoms with E-state index >= 15 is 0 Å². The highest BCUT2D eigenvalue weighted by atomic mass is 35.5. The Balaban J connectivity index is 2.39. The van der Waals surface area contributed by atoms with Gasteiger partial charge in [0.25, 0.3) is 0 Å². The molecule has 0 saturated heterocycles. The van der Waals surface area contributed by atoms with E-state index in [2.05, 4.69) is 12.2 Å². The molecular weight excluding hydrogens is 305 g/mol. The second-order valence-electron chi connectivity index (χ2n) is 5.65. The van der Waals surface area contributed by atoms with E-state index in [1.165, 1.54) is 32.1 Å². The molecule has 0 aliphatic heterocycles. The first-order valence-electron chi connectivity index (χ1n) is 7.89. The van der Waals surface area contributed by atoms with Crippen LogP contribution in [0.4, 0.5) is 0 Å². The van der Waals surface area contributed by atoms with Crippen LogP contribution in [0.1, 0.15) is 58.4 Å². The first-order valence-corrected chi connectivity index (χ1v) is 8.65. The Morgan fingerprint density at radius 2 is 1.67 bits per heavy atom. The minimum absolute atomic E-state index is 0.0621. The maximum absolute atomic E-state index is 6.24. The van der Waals surface area contributed by atoms with Crippen molar-refractivity contribution in [3.8, 4) is 5.75 Å². The van der Waals surface area contributed by atoms with Crippen molar-refractivity contribution in [2.75, 3.05) is 6.54 Å². The fraction of sp³-hybridized carbons (Fsp3) is 0.647. The van der Waals surface area contributed by atoms with Gasteiger partial charge < -0.3 is 10.1 Å². The van der Waals surface area contributed by atoms with Crippen molar-refractivity contribution in [2.45, 2.75) is 65.5 Å². The van der Waals surface area contributed by atoms with Crippen LogP contribution < -0.4 is 10.1 Å². The van der Waals surface area contributed by atoms with Crippen molar-refractivity contribution < 1.29 is 4.74 Å². The van der Waals surface area contributed by atoms with Crippen LogP contribution in [0.3, 0.4) is 0 Å². The summed E-state index contributed by atoms with van der Waals surface area (Å²) in [5, 5.41) is 4.59. The van der Waals surface area contributed by atoms with E-state index < -0.39 is 0 Å². The zero-order chi connectivity index (χ0) is 15.7. The minimum atomic E-state index is 0.0621. The van der Waals surface area contributed by atoms with Gasteiger partial charge in [0.15, 0.2) is 5.75 Å². The van der Waals surface area contributed by atoms with Gasteiger partial charge in [0, 0.05) is 6.54 Å². The Morgan fingerprint density at radius 1 is 1.05 bits per heavy atom. The van der Waals surface area contributed by atoms with Gasteiger partial charge in [-0.3, -0.25) is 0 Å². The van der Waals surface area contributed by atoms with Crippen molar-refractivity contribution >= 4 is 23.2 Å². The van der Waals surface area contributed by atoms with E-state index in [0.29, 0.717) is 15.8 Å². The van der Waals surface area contributed by atoms with Gasteiger partial charge in [-0.1, -0.05) is 55.8 Å². The SMILES string of the molecule is CCCCCCCNCc1cc(Cl)c(OC(C)C)c(Cl)c1. The van der Waals surface area contributed by atoms with Crippen LogP contribution in [0.25, 0.3) is 0 Å². The lowest BCUT2D eigenvalue weighted by molar-refractivity contribution is 0.242. The summed E-state index contributed by atoms with van der Waals surface area (Å²) >= 11 is 12.5. The molecule has 1 rings (SSSR count). The average molecular weight is 332 g/mol. The van der Waals surface area contributed by atoms with Crippen molar-refractivity contribution in [3.63, 3.8) is 0 Å². The Hall–Kier alpha value is -0.440. The highest BCUT2D eigenvalue weighted by molar-refractivity contribution is 6.37. The molecule has 120 valence electrons. The fourth-order valence-corrected chi connectivity index (χ4v) is 2.77. The number of nitrogens with one attached hydrogen (secondary N) is 1. The van der Waals surface area contributed by atoms with E-state index in [9.17, 15) is 0 Å². The van der Waals surface area contributed by atoms with Gasteiger partial charge in [0.05, 0.1) is 16.1 Å². The number of hydrogen-bond donors (Lipinski definition) is 1. The maximum atomic E-state index is 6.24. The molecule has 0 atom stereocenters. The third-order valence-electron chi connectivity index (χ3n) is 3.20. The normalized spacial score (nSPS) is 11.1. The lowest BCUT2D eigenvalue weighted by atomic mass is 10.1. The van der Waals surface area contributed by atoms with Crippen molar-refractivity contribution in [2.24, 2.45) is 0 Å². The molecule has 1 N–H and O–H groups in total. The zero-order valence-electron chi connectivity index (χ0n) is 13.3. The van der Waals surface area contributed by atoms with E-state index in [1.807, 2.05) is 26.0 Å². The average Bonchev–Trinajstić information content (AvgIpc) is 2.42. The van der Waals surface area contributed by atoms with Crippen LogP contribution in [0, 0.1) is 0 Å². The number of halogens is 2. The highest BCUT2D eigenvalue weighted by Gasteiger charge is 2.11. The topological polar surface area (TPSA) is 21.3 Å². The van der Waals surface area contributed by atoms with Crippen molar-refractivity contribution in [1.82, 2.24) is 5.32 Å². The molecule has 2 nitrogen and oxygen atoms in total. The van der Waals surface area contributed by atoms with Crippen molar-refractivity contribution in [3.05, 3.63) is 27.7 Å². The molecule has 0 radical (unpaired) electrons. The number of hydrogen-bond acceptors (Lipinski definition) is 2. The summed E-state index contributed by atoms with van der Waals surface area (Å²) in [5.41, 5.74) is 1.09. The number of unbranched alkanes of at least 4 members (excludes halogenated alkanes) is 4. The Bertz CT molecular complexity index is 398. The molecular formula is C17H27Cl2NO. The highest BCUT2D eigenvalue weighted by Crippen LogP contribution is 2.34. The summed E-state index contributed by atoms with van der Waals surface area (Å²) in [6.07, 6.45) is 6.53. The maximum Gasteiger partial charge on any atom is 0.156 e. The Labute approximate surface area is 139 Å². The molecule has 0 fully saturated rings. The second-order valence-corrected chi connectivity index (χ2v) is 6.46. The van der Waals surface area contributed by atoms with Crippen LogP contribution in [0.15, 0.2) is 12.1 Å². The molecule has 0 spiro atoms. The third kappa shape index (κ3) is 7.39. The largest absolute Gasteiger partial charge is 0.488 e. The van der Waals surface area contributed by atoms with E-state index in [0.717, 1.165) is 18.7 Å². The van der Waals surface area contributed by atoms with Gasteiger partial charge in [-0.25, -0.2) is 0 Å². The summed E-state index contributed by atoms with van der Waals surface area (Å²) in [4.78, 5) is 0. The molecule has 21 heavy (non-hydrogen) atoms. The molecule has 0 heterocycles. The standard InChI is InChI=1S/C17H27Cl2NO/c1-4-5-6-7-8-9-20-12-14-10-15(18)17(16(19)11-14)21-13(2)3/h10-11,13,20H,4-9,12H2,1-3H3. The Morgan fingerprint density at radius 3 is 2.24 bits per heavy atom. The second kappa shape index (κ2) is 10.3. The van der Waals surface area contributed by atoms with E-state index in [-0.39, 0.29) is 6.10 Å². The smallest absolute Gasteiger partial charge is 0.156 e. The molecule has 0 bridgehead atoms. The van der Waals surface area contributed by atoms with Gasteiger partial charge in [0.2, 0.25) is 0 Å². The first-order chi connectivity index (χ1) is 10.0. The van der Waals surface area contributed by atoms with Crippen LogP contribution in [0.2, 0.25) is 10.0 Å². The van der Waals surface area contributed by atoms with Gasteiger partial charge in [0.1, 0.15) is 0 Å². The Kier molecular flexibility index (Phi) is 9.14. The van der Waals surface area contributed by atoms with Gasteiger partial charge in [-0.2, -0.15) is 0 Å². The third-order valence-corrected chi connectivity index (χ3v) is 3.76. The number of benzene rings is 1. The van der Waals surface area contributed by atoms with Crippen LogP contribution in [-0.2, 0) is 6.54 Å². The number of ether oxygens (including phenoxy) is 1. The van der Waals surface area contributed by atoms with Gasteiger partial charge in [-0.15, -0.1) is 0 Å². The predicted molar refractivity (Wildman–Crippen MR) is 92.7 cm³/mol. The molecule has 0 amide bonds. The molecule has 0 aliphatic carbocycles. The summed E-state index contributed by atoms with van der Waals surface area (Å²) in [6.45, 7) is 7.97. The predicted octanol–water partition coefficient (Wildman–Crippen LogP) is 5.84. The lowest BCUT2D eigenvalue weighted by Gasteiger charge is -2.14. The summed E-state index contributed by atoms with van der Waals surface area (Å²) in [6, 6.07) is 3.85. The van der Waals surface area contributed by atoms with Crippen LogP contribution in [-0.4, -0.2) is 12.6 Å². The summed E-state index contributed by atoms with van der Waals surface area (Å²) in [7, 11) is 0. The number of rotatable bonds is 10. The van der Waals surface area contributed by atoms with Gasteiger partial charge >= 0.3 is 0 Å². The molecule has 0 aromatic heterocycles. The molecule has 4 heteroatoms. The quantitative estimate of drug-likeness (QED) is 0.543. The van der Waals surface area contributed by atoms with Crippen LogP contribution >= 0.6 is 23.2 Å². The first kappa shape index (κ1) is 18.6. The zero-order valence-corrected chi connectivity index (χ0v) is 14.9. The molecule has 0 aliphatic rings. The van der Waals surface area contributed by atoms with E-state index in [4.69, 9.17) is 27.9 Å². The summed E-state index contributed by atoms with van der Waals surface area (Å²) in [5.74, 6) is 0.580. The fourth-order valence-electron chi connectivity index (χ4n) is 2.15. The molecule has 0 saturated carbocycles. The summed E-state index contributed by atoms with van der Waals surface area (Å²) < 4.78 is 5.63. The molecule has 0 unspecified atom stereocenters.